The van der Waals surface area contributed by atoms with Gasteiger partial charge in [0.2, 0.25) is 0 Å². The molecule has 1 N–H and O–H groups in total. The largest absolute Gasteiger partial charge is 0.345 e. The van der Waals surface area contributed by atoms with Crippen molar-refractivity contribution in [1.82, 2.24) is 5.32 Å². The molecule has 0 radical (unpaired) electrons. The average molecular weight is 359 g/mol. The fraction of sp³-hybridized carbons (Fsp3) is 0.214. The van der Waals surface area contributed by atoms with Crippen LogP contribution in [0.4, 0.5) is 0 Å². The molecule has 1 amide bonds. The molecular formula is C14H13BrClNOS. The van der Waals surface area contributed by atoms with Crippen LogP contribution in [-0.2, 0) is 0 Å². The number of thiophene rings is 1. The third kappa shape index (κ3) is 3.59. The molecule has 1 heterocycles. The zero-order valence-electron chi connectivity index (χ0n) is 10.5. The summed E-state index contributed by atoms with van der Waals surface area (Å²) in [6.45, 7) is 3.91. The van der Waals surface area contributed by atoms with Crippen LogP contribution in [0.2, 0.25) is 4.34 Å². The fourth-order valence-corrected chi connectivity index (χ4v) is 3.21. The summed E-state index contributed by atoms with van der Waals surface area (Å²) in [6, 6.07) is 9.43. The minimum absolute atomic E-state index is 0.0580. The van der Waals surface area contributed by atoms with Crippen LogP contribution in [0.3, 0.4) is 0 Å². The molecule has 1 aromatic carbocycles. The molecule has 19 heavy (non-hydrogen) atoms. The van der Waals surface area contributed by atoms with Gasteiger partial charge >= 0.3 is 0 Å². The highest BCUT2D eigenvalue weighted by molar-refractivity contribution is 9.10. The summed E-state index contributed by atoms with van der Waals surface area (Å²) >= 11 is 10.8. The lowest BCUT2D eigenvalue weighted by Gasteiger charge is -2.13. The maximum Gasteiger partial charge on any atom is 0.252 e. The van der Waals surface area contributed by atoms with Crippen molar-refractivity contribution in [2.45, 2.75) is 19.9 Å². The van der Waals surface area contributed by atoms with Gasteiger partial charge in [0.05, 0.1) is 15.9 Å². The molecule has 0 fully saturated rings. The molecular weight excluding hydrogens is 346 g/mol. The summed E-state index contributed by atoms with van der Waals surface area (Å²) in [6.07, 6.45) is 0. The molecule has 2 nitrogen and oxygen atoms in total. The smallest absolute Gasteiger partial charge is 0.252 e. The van der Waals surface area contributed by atoms with Crippen LogP contribution in [0.1, 0.15) is 33.8 Å². The van der Waals surface area contributed by atoms with Crippen molar-refractivity contribution in [3.63, 3.8) is 0 Å². The number of carbonyl (C=O) groups excluding carboxylic acids is 1. The second-order valence-corrected chi connectivity index (χ2v) is 6.92. The lowest BCUT2D eigenvalue weighted by molar-refractivity contribution is 0.0939. The molecule has 0 saturated heterocycles. The normalized spacial score (nSPS) is 12.2. The van der Waals surface area contributed by atoms with Crippen molar-refractivity contribution < 1.29 is 4.79 Å². The van der Waals surface area contributed by atoms with Crippen LogP contribution in [0.15, 0.2) is 34.8 Å². The summed E-state index contributed by atoms with van der Waals surface area (Å²) in [5, 5.41) is 2.98. The van der Waals surface area contributed by atoms with Gasteiger partial charge in [-0.3, -0.25) is 4.79 Å². The number of aryl methyl sites for hydroxylation is 1. The molecule has 0 bridgehead atoms. The van der Waals surface area contributed by atoms with E-state index in [1.54, 1.807) is 0 Å². The third-order valence-corrected chi connectivity index (χ3v) is 4.84. The Morgan fingerprint density at radius 3 is 2.74 bits per heavy atom. The molecule has 100 valence electrons. The molecule has 1 aromatic heterocycles. The summed E-state index contributed by atoms with van der Waals surface area (Å²) in [4.78, 5) is 13.3. The Kier molecular flexibility index (Phi) is 4.66. The minimum atomic E-state index is -0.0902. The number of nitrogens with one attached hydrogen (secondary N) is 1. The van der Waals surface area contributed by atoms with Crippen LogP contribution in [0.5, 0.6) is 0 Å². The lowest BCUT2D eigenvalue weighted by atomic mass is 10.1. The molecule has 0 spiro atoms. The summed E-state index contributed by atoms with van der Waals surface area (Å²) in [7, 11) is 0. The Morgan fingerprint density at radius 1 is 1.37 bits per heavy atom. The Hall–Kier alpha value is -0.840. The summed E-state index contributed by atoms with van der Waals surface area (Å²) < 4.78 is 1.53. The van der Waals surface area contributed by atoms with E-state index in [0.29, 0.717) is 5.56 Å². The molecule has 0 saturated carbocycles. The molecule has 1 unspecified atom stereocenters. The van der Waals surface area contributed by atoms with Crippen molar-refractivity contribution in [2.24, 2.45) is 0 Å². The topological polar surface area (TPSA) is 29.1 Å². The average Bonchev–Trinajstić information content (AvgIpc) is 2.79. The van der Waals surface area contributed by atoms with Gasteiger partial charge in [0.25, 0.3) is 5.91 Å². The van der Waals surface area contributed by atoms with Crippen molar-refractivity contribution >= 4 is 44.8 Å². The molecule has 0 aliphatic carbocycles. The number of hydrogen-bond acceptors (Lipinski definition) is 2. The van der Waals surface area contributed by atoms with E-state index in [4.69, 9.17) is 11.6 Å². The van der Waals surface area contributed by atoms with Gasteiger partial charge < -0.3 is 5.32 Å². The fourth-order valence-electron chi connectivity index (χ4n) is 1.72. The van der Waals surface area contributed by atoms with Crippen LogP contribution in [0.25, 0.3) is 0 Å². The van der Waals surface area contributed by atoms with Crippen LogP contribution < -0.4 is 5.32 Å². The van der Waals surface area contributed by atoms with E-state index in [0.717, 1.165) is 19.2 Å². The van der Waals surface area contributed by atoms with Crippen LogP contribution in [-0.4, -0.2) is 5.91 Å². The van der Waals surface area contributed by atoms with E-state index >= 15 is 0 Å². The Morgan fingerprint density at radius 2 is 2.11 bits per heavy atom. The first-order valence-corrected chi connectivity index (χ1v) is 7.78. The molecule has 0 aliphatic heterocycles. The number of rotatable bonds is 3. The van der Waals surface area contributed by atoms with Gasteiger partial charge in [0.1, 0.15) is 0 Å². The second-order valence-electron chi connectivity index (χ2n) is 4.32. The second kappa shape index (κ2) is 6.07. The van der Waals surface area contributed by atoms with E-state index in [-0.39, 0.29) is 11.9 Å². The van der Waals surface area contributed by atoms with E-state index in [9.17, 15) is 4.79 Å². The predicted molar refractivity (Wildman–Crippen MR) is 84.1 cm³/mol. The highest BCUT2D eigenvalue weighted by Crippen LogP contribution is 2.27. The first kappa shape index (κ1) is 14.6. The van der Waals surface area contributed by atoms with Crippen molar-refractivity contribution in [2.75, 3.05) is 0 Å². The predicted octanol–water partition coefficient (Wildman–Crippen LogP) is 4.96. The van der Waals surface area contributed by atoms with E-state index < -0.39 is 0 Å². The van der Waals surface area contributed by atoms with Crippen LogP contribution >= 0.6 is 38.9 Å². The molecule has 2 rings (SSSR count). The number of amides is 1. The number of hydrogen-bond donors (Lipinski definition) is 1. The molecule has 5 heteroatoms. The first-order valence-electron chi connectivity index (χ1n) is 5.79. The van der Waals surface area contributed by atoms with Gasteiger partial charge in [-0.1, -0.05) is 23.2 Å². The Bertz CT molecular complexity index is 611. The Balaban J connectivity index is 2.15. The van der Waals surface area contributed by atoms with Crippen molar-refractivity contribution in [1.29, 1.82) is 0 Å². The molecule has 0 aliphatic rings. The highest BCUT2D eigenvalue weighted by atomic mass is 79.9. The van der Waals surface area contributed by atoms with Gasteiger partial charge in [-0.15, -0.1) is 11.3 Å². The number of benzene rings is 1. The quantitative estimate of drug-likeness (QED) is 0.825. The van der Waals surface area contributed by atoms with Gasteiger partial charge in [-0.25, -0.2) is 0 Å². The molecule has 2 aromatic rings. The zero-order chi connectivity index (χ0) is 14.0. The van der Waals surface area contributed by atoms with Crippen molar-refractivity contribution in [3.8, 4) is 0 Å². The maximum absolute atomic E-state index is 12.2. The van der Waals surface area contributed by atoms with E-state index in [2.05, 4.69) is 21.2 Å². The lowest BCUT2D eigenvalue weighted by Crippen LogP contribution is -2.26. The van der Waals surface area contributed by atoms with E-state index in [1.807, 2.05) is 44.2 Å². The number of carbonyl (C=O) groups is 1. The first-order chi connectivity index (χ1) is 8.97. The summed E-state index contributed by atoms with van der Waals surface area (Å²) in [5.41, 5.74) is 1.70. The van der Waals surface area contributed by atoms with Crippen LogP contribution in [0, 0.1) is 6.92 Å². The Labute approximate surface area is 129 Å². The van der Waals surface area contributed by atoms with E-state index in [1.165, 1.54) is 11.3 Å². The number of halogens is 2. The third-order valence-electron chi connectivity index (χ3n) is 2.73. The summed E-state index contributed by atoms with van der Waals surface area (Å²) in [5.74, 6) is -0.0902. The van der Waals surface area contributed by atoms with Crippen molar-refractivity contribution in [3.05, 3.63) is 55.1 Å². The molecule has 1 atom stereocenters. The SMILES string of the molecule is Cc1ccc(Br)c(C(=O)NC(C)c2ccc(Cl)s2)c1. The van der Waals surface area contributed by atoms with Gasteiger partial charge in [0, 0.05) is 9.35 Å². The highest BCUT2D eigenvalue weighted by Gasteiger charge is 2.15. The van der Waals surface area contributed by atoms with Gasteiger partial charge in [-0.05, 0) is 54.0 Å². The maximum atomic E-state index is 12.2. The zero-order valence-corrected chi connectivity index (χ0v) is 13.7. The minimum Gasteiger partial charge on any atom is -0.345 e. The standard InChI is InChI=1S/C14H13BrClNOS/c1-8-3-4-11(15)10(7-8)14(18)17-9(2)12-5-6-13(16)19-12/h3-7,9H,1-2H3,(H,17,18). The monoisotopic (exact) mass is 357 g/mol. The van der Waals surface area contributed by atoms with Gasteiger partial charge in [-0.2, -0.15) is 0 Å². The van der Waals surface area contributed by atoms with Gasteiger partial charge in [0.15, 0.2) is 0 Å².